The number of aryl methyl sites for hydroxylation is 1. The lowest BCUT2D eigenvalue weighted by Gasteiger charge is -2.38. The first-order valence-corrected chi connectivity index (χ1v) is 11.9. The fourth-order valence-corrected chi connectivity index (χ4v) is 5.77. The highest BCUT2D eigenvalue weighted by Crippen LogP contribution is 2.25. The molecule has 2 aromatic rings. The van der Waals surface area contributed by atoms with Crippen LogP contribution in [-0.2, 0) is 28.4 Å². The number of piperazine rings is 1. The van der Waals surface area contributed by atoms with Crippen LogP contribution < -0.4 is 0 Å². The number of piperidine rings is 1. The number of nitrogens with zero attached hydrogens (tertiary/aromatic N) is 5. The van der Waals surface area contributed by atoms with Gasteiger partial charge in [-0.1, -0.05) is 18.2 Å². The van der Waals surface area contributed by atoms with Crippen LogP contribution in [0.4, 0.5) is 0 Å². The average Bonchev–Trinajstić information content (AvgIpc) is 3.19. The monoisotopic (exact) mass is 431 g/mol. The van der Waals surface area contributed by atoms with Crippen molar-refractivity contribution in [2.24, 2.45) is 13.0 Å². The van der Waals surface area contributed by atoms with Gasteiger partial charge in [-0.3, -0.25) is 14.4 Å². The molecule has 8 nitrogen and oxygen atoms in total. The van der Waals surface area contributed by atoms with Crippen LogP contribution in [0.3, 0.4) is 0 Å². The van der Waals surface area contributed by atoms with Gasteiger partial charge in [-0.15, -0.1) is 0 Å². The van der Waals surface area contributed by atoms with E-state index in [0.29, 0.717) is 30.8 Å². The van der Waals surface area contributed by atoms with Crippen LogP contribution in [0.2, 0.25) is 0 Å². The summed E-state index contributed by atoms with van der Waals surface area (Å²) in [6.07, 6.45) is 5.07. The van der Waals surface area contributed by atoms with Crippen molar-refractivity contribution >= 4 is 15.9 Å². The Balaban J connectivity index is 1.27. The molecule has 4 rings (SSSR count). The Labute approximate surface area is 178 Å². The van der Waals surface area contributed by atoms with Crippen molar-refractivity contribution in [3.63, 3.8) is 0 Å². The number of aromatic nitrogens is 2. The van der Waals surface area contributed by atoms with Crippen LogP contribution in [0.5, 0.6) is 0 Å². The van der Waals surface area contributed by atoms with Gasteiger partial charge in [0.25, 0.3) is 0 Å². The van der Waals surface area contributed by atoms with Crippen molar-refractivity contribution < 1.29 is 13.2 Å². The van der Waals surface area contributed by atoms with Gasteiger partial charge in [0.05, 0.1) is 11.1 Å². The van der Waals surface area contributed by atoms with Crippen molar-refractivity contribution in [3.8, 4) is 0 Å². The van der Waals surface area contributed by atoms with Crippen molar-refractivity contribution in [3.05, 3.63) is 48.3 Å². The average molecular weight is 432 g/mol. The fourth-order valence-electron chi connectivity index (χ4n) is 4.28. The predicted molar refractivity (Wildman–Crippen MR) is 113 cm³/mol. The zero-order chi connectivity index (χ0) is 21.1. The summed E-state index contributed by atoms with van der Waals surface area (Å²) in [6.45, 7) is 4.79. The van der Waals surface area contributed by atoms with Crippen LogP contribution in [0.1, 0.15) is 18.4 Å². The summed E-state index contributed by atoms with van der Waals surface area (Å²) in [7, 11) is -1.56. The van der Waals surface area contributed by atoms with Gasteiger partial charge >= 0.3 is 0 Å². The predicted octanol–water partition coefficient (Wildman–Crippen LogP) is 1.17. The highest BCUT2D eigenvalue weighted by atomic mass is 32.2. The molecule has 3 heterocycles. The van der Waals surface area contributed by atoms with Crippen molar-refractivity contribution in [2.75, 3.05) is 39.3 Å². The number of benzene rings is 1. The van der Waals surface area contributed by atoms with Gasteiger partial charge in [-0.05, 0) is 25.0 Å². The summed E-state index contributed by atoms with van der Waals surface area (Å²) in [5, 5.41) is 4.21. The Bertz CT molecular complexity index is 960. The van der Waals surface area contributed by atoms with E-state index in [0.717, 1.165) is 32.7 Å². The van der Waals surface area contributed by atoms with Gasteiger partial charge in [0, 0.05) is 70.5 Å². The minimum absolute atomic E-state index is 0.0860. The number of sulfonamides is 1. The minimum atomic E-state index is -3.48. The number of carbonyl (C=O) groups excluding carboxylic acids is 1. The standard InChI is InChI=1S/C21H29N5O3S/c1-23-16-18(15-22-23)17-24-11-13-25(14-12-24)21(27)19-7-9-26(10-8-19)30(28,29)20-5-3-2-4-6-20/h2-6,15-16,19H,7-14,17H2,1H3. The third-order valence-electron chi connectivity index (χ3n) is 6.03. The molecule has 2 saturated heterocycles. The molecular formula is C21H29N5O3S. The molecule has 2 aliphatic heterocycles. The Morgan fingerprint density at radius 1 is 1.03 bits per heavy atom. The summed E-state index contributed by atoms with van der Waals surface area (Å²) < 4.78 is 28.9. The number of amides is 1. The van der Waals surface area contributed by atoms with Gasteiger partial charge < -0.3 is 4.90 Å². The van der Waals surface area contributed by atoms with Gasteiger partial charge in [0.1, 0.15) is 0 Å². The van der Waals surface area contributed by atoms with E-state index < -0.39 is 10.0 Å². The van der Waals surface area contributed by atoms with Crippen LogP contribution in [0.25, 0.3) is 0 Å². The maximum absolute atomic E-state index is 13.0. The number of hydrogen-bond donors (Lipinski definition) is 0. The highest BCUT2D eigenvalue weighted by Gasteiger charge is 2.34. The maximum atomic E-state index is 13.0. The van der Waals surface area contributed by atoms with Crippen molar-refractivity contribution in [2.45, 2.75) is 24.3 Å². The quantitative estimate of drug-likeness (QED) is 0.710. The molecule has 0 atom stereocenters. The molecule has 9 heteroatoms. The maximum Gasteiger partial charge on any atom is 0.243 e. The molecule has 0 radical (unpaired) electrons. The molecule has 0 spiro atoms. The molecule has 0 saturated carbocycles. The summed E-state index contributed by atoms with van der Waals surface area (Å²) in [4.78, 5) is 17.6. The SMILES string of the molecule is Cn1cc(CN2CCN(C(=O)C3CCN(S(=O)(=O)c4ccccc4)CC3)CC2)cn1. The minimum Gasteiger partial charge on any atom is -0.340 e. The first-order chi connectivity index (χ1) is 14.4. The van der Waals surface area contributed by atoms with E-state index in [2.05, 4.69) is 10.00 Å². The third kappa shape index (κ3) is 4.58. The lowest BCUT2D eigenvalue weighted by Crippen LogP contribution is -2.51. The Morgan fingerprint density at radius 3 is 2.30 bits per heavy atom. The Kier molecular flexibility index (Phi) is 6.21. The molecule has 0 N–H and O–H groups in total. The summed E-state index contributed by atoms with van der Waals surface area (Å²) in [5.74, 6) is 0.0879. The summed E-state index contributed by atoms with van der Waals surface area (Å²) in [6, 6.07) is 8.52. The first-order valence-electron chi connectivity index (χ1n) is 10.5. The molecular weight excluding hydrogens is 402 g/mol. The van der Waals surface area contributed by atoms with E-state index in [4.69, 9.17) is 0 Å². The first kappa shape index (κ1) is 21.0. The Hall–Kier alpha value is -2.23. The van der Waals surface area contributed by atoms with E-state index in [-0.39, 0.29) is 11.8 Å². The zero-order valence-corrected chi connectivity index (χ0v) is 18.2. The number of hydrogen-bond acceptors (Lipinski definition) is 5. The van der Waals surface area contributed by atoms with Crippen LogP contribution in [-0.4, -0.2) is 77.5 Å². The number of rotatable bonds is 5. The fraction of sp³-hybridized carbons (Fsp3) is 0.524. The third-order valence-corrected chi connectivity index (χ3v) is 7.95. The lowest BCUT2D eigenvalue weighted by molar-refractivity contribution is -0.138. The van der Waals surface area contributed by atoms with Crippen molar-refractivity contribution in [1.29, 1.82) is 0 Å². The van der Waals surface area contributed by atoms with E-state index in [1.54, 1.807) is 35.0 Å². The second-order valence-corrected chi connectivity index (χ2v) is 10.1. The largest absolute Gasteiger partial charge is 0.340 e. The second-order valence-electron chi connectivity index (χ2n) is 8.12. The second kappa shape index (κ2) is 8.87. The normalized spacial score (nSPS) is 19.8. The van der Waals surface area contributed by atoms with Gasteiger partial charge in [-0.25, -0.2) is 8.42 Å². The molecule has 0 aliphatic carbocycles. The molecule has 1 aromatic heterocycles. The molecule has 0 bridgehead atoms. The van der Waals surface area contributed by atoms with Crippen LogP contribution >= 0.6 is 0 Å². The highest BCUT2D eigenvalue weighted by molar-refractivity contribution is 7.89. The van der Waals surface area contributed by atoms with E-state index in [1.165, 1.54) is 9.87 Å². The molecule has 1 amide bonds. The molecule has 0 unspecified atom stereocenters. The molecule has 2 fully saturated rings. The lowest BCUT2D eigenvalue weighted by atomic mass is 9.96. The van der Waals surface area contributed by atoms with Gasteiger partial charge in [0.2, 0.25) is 15.9 Å². The van der Waals surface area contributed by atoms with Crippen LogP contribution in [0, 0.1) is 5.92 Å². The topological polar surface area (TPSA) is 78.8 Å². The van der Waals surface area contributed by atoms with E-state index >= 15 is 0 Å². The number of carbonyl (C=O) groups is 1. The summed E-state index contributed by atoms with van der Waals surface area (Å²) >= 11 is 0. The molecule has 2 aliphatic rings. The molecule has 162 valence electrons. The van der Waals surface area contributed by atoms with E-state index in [9.17, 15) is 13.2 Å². The Morgan fingerprint density at radius 2 is 1.70 bits per heavy atom. The van der Waals surface area contributed by atoms with Gasteiger partial charge in [0.15, 0.2) is 0 Å². The van der Waals surface area contributed by atoms with Crippen LogP contribution in [0.15, 0.2) is 47.6 Å². The smallest absolute Gasteiger partial charge is 0.243 e. The van der Waals surface area contributed by atoms with Gasteiger partial charge in [-0.2, -0.15) is 9.40 Å². The van der Waals surface area contributed by atoms with Crippen molar-refractivity contribution in [1.82, 2.24) is 23.9 Å². The van der Waals surface area contributed by atoms with E-state index in [1.807, 2.05) is 24.3 Å². The molecule has 1 aromatic carbocycles. The zero-order valence-electron chi connectivity index (χ0n) is 17.4. The molecule has 30 heavy (non-hydrogen) atoms. The summed E-state index contributed by atoms with van der Waals surface area (Å²) in [5.41, 5.74) is 1.18.